The molecule has 27 heavy (non-hydrogen) atoms. The van der Waals surface area contributed by atoms with Gasteiger partial charge < -0.3 is 14.4 Å². The van der Waals surface area contributed by atoms with Gasteiger partial charge in [0, 0.05) is 32.4 Å². The number of amides is 1. The molecule has 0 saturated heterocycles. The lowest BCUT2D eigenvalue weighted by Gasteiger charge is -2.21. The van der Waals surface area contributed by atoms with E-state index in [1.54, 1.807) is 17.9 Å². The largest absolute Gasteiger partial charge is 0.466 e. The summed E-state index contributed by atoms with van der Waals surface area (Å²) in [5, 5.41) is 0. The van der Waals surface area contributed by atoms with E-state index in [-0.39, 0.29) is 18.3 Å². The Kier molecular flexibility index (Phi) is 11.1. The number of hydrogen-bond acceptors (Lipinski definition) is 4. The lowest BCUT2D eigenvalue weighted by atomic mass is 10.0. The Hall–Kier alpha value is -2.14. The van der Waals surface area contributed by atoms with E-state index in [1.165, 1.54) is 5.56 Å². The van der Waals surface area contributed by atoms with Crippen LogP contribution >= 0.6 is 0 Å². The Morgan fingerprint density at radius 3 is 2.37 bits per heavy atom. The molecule has 5 heteroatoms. The van der Waals surface area contributed by atoms with Crippen LogP contribution in [0.15, 0.2) is 30.3 Å². The van der Waals surface area contributed by atoms with Crippen LogP contribution in [0.5, 0.6) is 0 Å². The predicted molar refractivity (Wildman–Crippen MR) is 109 cm³/mol. The summed E-state index contributed by atoms with van der Waals surface area (Å²) in [6.07, 6.45) is 4.31. The van der Waals surface area contributed by atoms with Crippen LogP contribution in [-0.4, -0.2) is 49.7 Å². The summed E-state index contributed by atoms with van der Waals surface area (Å²) in [6.45, 7) is 10.5. The zero-order chi connectivity index (χ0) is 20.1. The first-order valence-electron chi connectivity index (χ1n) is 9.78. The van der Waals surface area contributed by atoms with E-state index in [1.807, 2.05) is 25.1 Å². The number of ether oxygens (including phenoxy) is 2. The van der Waals surface area contributed by atoms with Crippen molar-refractivity contribution in [1.82, 2.24) is 4.90 Å². The van der Waals surface area contributed by atoms with E-state index >= 15 is 0 Å². The summed E-state index contributed by atoms with van der Waals surface area (Å²) in [4.78, 5) is 25.9. The number of esters is 1. The molecule has 0 aliphatic heterocycles. The molecule has 0 bridgehead atoms. The van der Waals surface area contributed by atoms with Crippen LogP contribution < -0.4 is 0 Å². The average Bonchev–Trinajstić information content (AvgIpc) is 2.66. The highest BCUT2D eigenvalue weighted by atomic mass is 16.5. The standard InChI is InChI=1S/C22H33NO4/c1-5-26-17-7-15-23(16-14-22(25)27-6-2)21(24)13-10-19-8-11-20(12-9-19)18(3)4/h8-13,18H,5-7,14-17H2,1-4H3/b13-10+. The molecule has 0 radical (unpaired) electrons. The zero-order valence-electron chi connectivity index (χ0n) is 17.1. The Bertz CT molecular complexity index is 593. The van der Waals surface area contributed by atoms with Gasteiger partial charge in [0.15, 0.2) is 0 Å². The molecule has 0 aromatic heterocycles. The van der Waals surface area contributed by atoms with Crippen molar-refractivity contribution in [2.24, 2.45) is 0 Å². The van der Waals surface area contributed by atoms with Crippen LogP contribution in [0.2, 0.25) is 0 Å². The van der Waals surface area contributed by atoms with Gasteiger partial charge in [-0.15, -0.1) is 0 Å². The number of carbonyl (C=O) groups excluding carboxylic acids is 2. The van der Waals surface area contributed by atoms with Crippen LogP contribution in [0.25, 0.3) is 6.08 Å². The van der Waals surface area contributed by atoms with Crippen molar-refractivity contribution in [3.63, 3.8) is 0 Å². The van der Waals surface area contributed by atoms with Crippen molar-refractivity contribution in [2.75, 3.05) is 32.9 Å². The molecular weight excluding hydrogens is 342 g/mol. The molecule has 0 spiro atoms. The number of nitrogens with zero attached hydrogens (tertiary/aromatic N) is 1. The lowest BCUT2D eigenvalue weighted by Crippen LogP contribution is -2.33. The molecule has 0 N–H and O–H groups in total. The minimum atomic E-state index is -0.284. The minimum absolute atomic E-state index is 0.108. The maximum Gasteiger partial charge on any atom is 0.307 e. The third-order valence-corrected chi connectivity index (χ3v) is 4.15. The molecule has 1 amide bonds. The van der Waals surface area contributed by atoms with Crippen molar-refractivity contribution in [3.8, 4) is 0 Å². The van der Waals surface area contributed by atoms with Gasteiger partial charge in [-0.25, -0.2) is 0 Å². The minimum Gasteiger partial charge on any atom is -0.466 e. The van der Waals surface area contributed by atoms with Crippen LogP contribution in [0, 0.1) is 0 Å². The smallest absolute Gasteiger partial charge is 0.307 e. The monoisotopic (exact) mass is 375 g/mol. The molecule has 0 aliphatic rings. The van der Waals surface area contributed by atoms with E-state index in [2.05, 4.69) is 26.0 Å². The fourth-order valence-corrected chi connectivity index (χ4v) is 2.56. The fourth-order valence-electron chi connectivity index (χ4n) is 2.56. The van der Waals surface area contributed by atoms with Crippen molar-refractivity contribution in [2.45, 2.75) is 46.5 Å². The number of hydrogen-bond donors (Lipinski definition) is 0. The zero-order valence-corrected chi connectivity index (χ0v) is 17.1. The van der Waals surface area contributed by atoms with Gasteiger partial charge in [0.25, 0.3) is 0 Å². The maximum absolute atomic E-state index is 12.6. The second-order valence-electron chi connectivity index (χ2n) is 6.59. The molecule has 0 saturated carbocycles. The van der Waals surface area contributed by atoms with Gasteiger partial charge in [-0.1, -0.05) is 38.1 Å². The molecule has 0 heterocycles. The highest BCUT2D eigenvalue weighted by Gasteiger charge is 2.13. The maximum atomic E-state index is 12.6. The molecule has 0 aliphatic carbocycles. The van der Waals surface area contributed by atoms with E-state index in [0.29, 0.717) is 38.8 Å². The van der Waals surface area contributed by atoms with Crippen molar-refractivity contribution >= 4 is 18.0 Å². The Balaban J connectivity index is 2.67. The van der Waals surface area contributed by atoms with Gasteiger partial charge >= 0.3 is 5.97 Å². The second-order valence-corrected chi connectivity index (χ2v) is 6.59. The van der Waals surface area contributed by atoms with Crippen molar-refractivity contribution < 1.29 is 19.1 Å². The first-order valence-corrected chi connectivity index (χ1v) is 9.78. The molecule has 5 nitrogen and oxygen atoms in total. The van der Waals surface area contributed by atoms with Crippen LogP contribution in [-0.2, 0) is 19.1 Å². The fraction of sp³-hybridized carbons (Fsp3) is 0.545. The first-order chi connectivity index (χ1) is 13.0. The van der Waals surface area contributed by atoms with Crippen LogP contribution in [0.3, 0.4) is 0 Å². The van der Waals surface area contributed by atoms with Crippen LogP contribution in [0.1, 0.15) is 57.6 Å². The molecule has 0 fully saturated rings. The topological polar surface area (TPSA) is 55.8 Å². The highest BCUT2D eigenvalue weighted by molar-refractivity contribution is 5.92. The Labute approximate surface area is 163 Å². The Morgan fingerprint density at radius 2 is 1.78 bits per heavy atom. The average molecular weight is 376 g/mol. The van der Waals surface area contributed by atoms with Gasteiger partial charge in [0.05, 0.1) is 13.0 Å². The molecule has 0 atom stereocenters. The van der Waals surface area contributed by atoms with Gasteiger partial charge in [-0.3, -0.25) is 9.59 Å². The molecule has 1 rings (SSSR count). The summed E-state index contributed by atoms with van der Waals surface area (Å²) < 4.78 is 10.3. The van der Waals surface area contributed by atoms with Gasteiger partial charge in [0.1, 0.15) is 0 Å². The summed E-state index contributed by atoms with van der Waals surface area (Å²) in [5.41, 5.74) is 2.25. The molecule has 1 aromatic carbocycles. The van der Waals surface area contributed by atoms with Crippen molar-refractivity contribution in [1.29, 1.82) is 0 Å². The first kappa shape index (κ1) is 22.9. The highest BCUT2D eigenvalue weighted by Crippen LogP contribution is 2.15. The molecular formula is C22H33NO4. The third-order valence-electron chi connectivity index (χ3n) is 4.15. The van der Waals surface area contributed by atoms with Gasteiger partial charge in [0.2, 0.25) is 5.91 Å². The normalized spacial score (nSPS) is 11.1. The van der Waals surface area contributed by atoms with Gasteiger partial charge in [-0.05, 0) is 43.4 Å². The Morgan fingerprint density at radius 1 is 1.07 bits per heavy atom. The molecule has 1 aromatic rings. The SMILES string of the molecule is CCOCCCN(CCC(=O)OCC)C(=O)/C=C/c1ccc(C(C)C)cc1. The van der Waals surface area contributed by atoms with E-state index in [4.69, 9.17) is 9.47 Å². The van der Waals surface area contributed by atoms with E-state index < -0.39 is 0 Å². The number of rotatable bonds is 12. The molecule has 0 unspecified atom stereocenters. The lowest BCUT2D eigenvalue weighted by molar-refractivity contribution is -0.143. The molecule has 150 valence electrons. The van der Waals surface area contributed by atoms with Crippen LogP contribution in [0.4, 0.5) is 0 Å². The summed E-state index contributed by atoms with van der Waals surface area (Å²) in [6, 6.07) is 8.18. The number of carbonyl (C=O) groups is 2. The summed E-state index contributed by atoms with van der Waals surface area (Å²) in [5.74, 6) is 0.0884. The predicted octanol–water partition coefficient (Wildman–Crippen LogP) is 4.03. The number of benzene rings is 1. The van der Waals surface area contributed by atoms with Crippen molar-refractivity contribution in [3.05, 3.63) is 41.5 Å². The van der Waals surface area contributed by atoms with Gasteiger partial charge in [-0.2, -0.15) is 0 Å². The summed E-state index contributed by atoms with van der Waals surface area (Å²) in [7, 11) is 0. The summed E-state index contributed by atoms with van der Waals surface area (Å²) >= 11 is 0. The van der Waals surface area contributed by atoms with E-state index in [9.17, 15) is 9.59 Å². The quantitative estimate of drug-likeness (QED) is 0.314. The second kappa shape index (κ2) is 13.1. The third kappa shape index (κ3) is 9.38. The van der Waals surface area contributed by atoms with E-state index in [0.717, 1.165) is 12.0 Å².